The van der Waals surface area contributed by atoms with Crippen molar-refractivity contribution in [2.45, 2.75) is 27.4 Å². The lowest BCUT2D eigenvalue weighted by Crippen LogP contribution is -1.88. The predicted molar refractivity (Wildman–Crippen MR) is 121 cm³/mol. The zero-order chi connectivity index (χ0) is 30.6. The van der Waals surface area contributed by atoms with E-state index in [0.29, 0.717) is 32.9 Å². The van der Waals surface area contributed by atoms with Crippen molar-refractivity contribution < 1.29 is 25.3 Å². The van der Waals surface area contributed by atoms with Gasteiger partial charge in [-0.15, -0.1) is 0 Å². The van der Waals surface area contributed by atoms with Gasteiger partial charge in [0.2, 0.25) is 0 Å². The maximum Gasteiger partial charge on any atom is 0.144 e. The van der Waals surface area contributed by atoms with Crippen LogP contribution in [-0.2, 0) is 0 Å². The first-order valence-electron chi connectivity index (χ1n) is 15.1. The Labute approximate surface area is 190 Å². The monoisotopic (exact) mass is 404 g/mol. The Hall–Kier alpha value is -3.66. The van der Waals surface area contributed by atoms with Gasteiger partial charge in [0, 0.05) is 61.8 Å². The number of furan rings is 2. The molecular weight excluding hydrogens is 372 g/mol. The van der Waals surface area contributed by atoms with Crippen LogP contribution in [0.5, 0.6) is 0 Å². The Morgan fingerprint density at radius 2 is 1.70 bits per heavy atom. The van der Waals surface area contributed by atoms with Crippen molar-refractivity contribution in [3.63, 3.8) is 0 Å². The normalized spacial score (nSPS) is 19.6. The topological polar surface area (TPSA) is 52.1 Å². The number of rotatable bonds is 1. The molecular formula is C26H20N2O2. The van der Waals surface area contributed by atoms with Crippen molar-refractivity contribution in [1.29, 1.82) is 0 Å². The van der Waals surface area contributed by atoms with Gasteiger partial charge in [-0.25, -0.2) is 0 Å². The molecule has 0 saturated heterocycles. The minimum atomic E-state index is -2.77. The van der Waals surface area contributed by atoms with Gasteiger partial charge in [0.25, 0.3) is 0 Å². The molecule has 0 atom stereocenters. The third kappa shape index (κ3) is 2.28. The number of hydrogen-bond donors (Lipinski definition) is 0. The maximum atomic E-state index is 8.11. The van der Waals surface area contributed by atoms with Crippen LogP contribution in [0, 0.1) is 27.4 Å². The molecule has 30 heavy (non-hydrogen) atoms. The Kier molecular flexibility index (Phi) is 1.78. The van der Waals surface area contributed by atoms with Gasteiger partial charge < -0.3 is 8.83 Å². The number of para-hydroxylation sites is 1. The molecule has 0 unspecified atom stereocenters. The number of aromatic nitrogens is 2. The third-order valence-electron chi connectivity index (χ3n) is 5.26. The van der Waals surface area contributed by atoms with Crippen LogP contribution in [0.4, 0.5) is 0 Å². The number of fused-ring (bicyclic) bond motifs is 7. The minimum Gasteiger partial charge on any atom is -0.456 e. The van der Waals surface area contributed by atoms with Crippen LogP contribution in [0.2, 0.25) is 0 Å². The van der Waals surface area contributed by atoms with Crippen LogP contribution in [0.15, 0.2) is 57.5 Å². The fourth-order valence-electron chi connectivity index (χ4n) is 3.97. The first-order valence-corrected chi connectivity index (χ1v) is 9.09. The Morgan fingerprint density at radius 1 is 0.800 bits per heavy atom. The van der Waals surface area contributed by atoms with Gasteiger partial charge in [0.05, 0.1) is 11.1 Å². The van der Waals surface area contributed by atoms with E-state index in [1.807, 2.05) is 0 Å². The van der Waals surface area contributed by atoms with Crippen LogP contribution >= 0.6 is 0 Å². The summed E-state index contributed by atoms with van der Waals surface area (Å²) in [5, 5.41) is 1.49. The van der Waals surface area contributed by atoms with Crippen molar-refractivity contribution in [3.05, 3.63) is 71.2 Å². The lowest BCUT2D eigenvalue weighted by Gasteiger charge is -2.05. The first kappa shape index (κ1) is 9.00. The Bertz CT molecular complexity index is 2040. The second-order valence-electron chi connectivity index (χ2n) is 7.04. The molecule has 0 amide bonds. The lowest BCUT2D eigenvalue weighted by atomic mass is 10.0. The zero-order valence-corrected chi connectivity index (χ0v) is 15.3. The number of nitrogens with zero attached hydrogens (tertiary/aromatic N) is 2. The van der Waals surface area contributed by atoms with E-state index < -0.39 is 38.8 Å². The van der Waals surface area contributed by atoms with Crippen LogP contribution in [-0.4, -0.2) is 9.97 Å². The quantitative estimate of drug-likeness (QED) is 0.291. The summed E-state index contributed by atoms with van der Waals surface area (Å²) < 4.78 is 107. The van der Waals surface area contributed by atoms with Crippen molar-refractivity contribution in [2.24, 2.45) is 0 Å². The largest absolute Gasteiger partial charge is 0.456 e. The van der Waals surface area contributed by atoms with E-state index in [4.69, 9.17) is 25.3 Å². The number of aryl methyl sites for hydroxylation is 4. The molecule has 0 aliphatic rings. The molecule has 0 saturated carbocycles. The number of benzene rings is 2. The smallest absolute Gasteiger partial charge is 0.144 e. The maximum absolute atomic E-state index is 8.11. The second-order valence-corrected chi connectivity index (χ2v) is 7.04. The van der Waals surface area contributed by atoms with E-state index >= 15 is 0 Å². The molecule has 4 heteroatoms. The third-order valence-corrected chi connectivity index (χ3v) is 5.26. The van der Waals surface area contributed by atoms with E-state index in [2.05, 4.69) is 9.97 Å². The standard InChI is InChI=1S/C26H20N2O2/c1-13-10-19(27-12-14(13)2)17-6-5-7-18-24-20(30-26(17)18)8-9-21-25(24)23-16(4)28-15(3)11-22(23)29-21/h5-12H,1-4H3/i1D3,2D3,3D3,4D3. The summed E-state index contributed by atoms with van der Waals surface area (Å²) in [7, 11) is 0. The molecule has 146 valence electrons. The summed E-state index contributed by atoms with van der Waals surface area (Å²) in [5.41, 5.74) is -0.0607. The molecule has 0 spiro atoms. The molecule has 6 aromatic rings. The summed E-state index contributed by atoms with van der Waals surface area (Å²) in [4.78, 5) is 8.30. The van der Waals surface area contributed by atoms with E-state index in [1.165, 1.54) is 12.1 Å². The van der Waals surface area contributed by atoms with E-state index in [-0.39, 0.29) is 33.4 Å². The van der Waals surface area contributed by atoms with Crippen LogP contribution in [0.3, 0.4) is 0 Å². The SMILES string of the molecule is [2H]C([2H])([2H])c1cc2oc3ccc4oc5c(-c6cc(C([2H])([2H])[2H])c(C([2H])([2H])[2H])cn6)cccc5c4c3c2c(C([2H])([2H])[2H])n1. The van der Waals surface area contributed by atoms with Gasteiger partial charge in [-0.3, -0.25) is 9.97 Å². The van der Waals surface area contributed by atoms with Gasteiger partial charge in [0.1, 0.15) is 22.3 Å². The van der Waals surface area contributed by atoms with Crippen LogP contribution < -0.4 is 0 Å². The van der Waals surface area contributed by atoms with Crippen molar-refractivity contribution in [3.8, 4) is 11.3 Å². The summed E-state index contributed by atoms with van der Waals surface area (Å²) >= 11 is 0. The number of hydrogen-bond acceptors (Lipinski definition) is 4. The first-order chi connectivity index (χ1) is 19.4. The second kappa shape index (κ2) is 5.92. The van der Waals surface area contributed by atoms with Crippen molar-refractivity contribution >= 4 is 43.9 Å². The average Bonchev–Trinajstić information content (AvgIpc) is 3.43. The van der Waals surface area contributed by atoms with E-state index in [9.17, 15) is 0 Å². The van der Waals surface area contributed by atoms with Crippen LogP contribution in [0.1, 0.15) is 39.0 Å². The number of pyridine rings is 2. The van der Waals surface area contributed by atoms with Gasteiger partial charge in [-0.1, -0.05) is 12.1 Å². The molecule has 0 aliphatic heterocycles. The molecule has 0 fully saturated rings. The summed E-state index contributed by atoms with van der Waals surface area (Å²) in [5.74, 6) is 0. The molecule has 0 bridgehead atoms. The fourth-order valence-corrected chi connectivity index (χ4v) is 3.97. The fraction of sp³-hybridized carbons (Fsp3) is 0.154. The van der Waals surface area contributed by atoms with Gasteiger partial charge in [-0.05, 0) is 62.8 Å². The Morgan fingerprint density at radius 3 is 2.53 bits per heavy atom. The molecule has 0 N–H and O–H groups in total. The highest BCUT2D eigenvalue weighted by molar-refractivity contribution is 6.27. The highest BCUT2D eigenvalue weighted by Gasteiger charge is 2.20. The lowest BCUT2D eigenvalue weighted by molar-refractivity contribution is 0.662. The summed E-state index contributed by atoms with van der Waals surface area (Å²) in [6.07, 6.45) is 1.03. The highest BCUT2D eigenvalue weighted by Crippen LogP contribution is 2.42. The van der Waals surface area contributed by atoms with E-state index in [0.717, 1.165) is 6.20 Å². The van der Waals surface area contributed by atoms with Gasteiger partial charge in [-0.2, -0.15) is 0 Å². The molecule has 4 nitrogen and oxygen atoms in total. The van der Waals surface area contributed by atoms with E-state index in [1.54, 1.807) is 30.3 Å². The highest BCUT2D eigenvalue weighted by atomic mass is 16.3. The van der Waals surface area contributed by atoms with Gasteiger partial charge in [0.15, 0.2) is 0 Å². The summed E-state index contributed by atoms with van der Waals surface area (Å²) in [6.45, 7) is -10.9. The minimum absolute atomic E-state index is 0.0412. The summed E-state index contributed by atoms with van der Waals surface area (Å²) in [6, 6.07) is 10.7. The molecule has 6 rings (SSSR count). The van der Waals surface area contributed by atoms with Crippen LogP contribution in [0.25, 0.3) is 55.1 Å². The zero-order valence-electron chi connectivity index (χ0n) is 27.3. The van der Waals surface area contributed by atoms with Gasteiger partial charge >= 0.3 is 0 Å². The predicted octanol–water partition coefficient (Wildman–Crippen LogP) is 7.18. The Balaban J connectivity index is 1.70. The molecule has 4 heterocycles. The van der Waals surface area contributed by atoms with Crippen molar-refractivity contribution in [1.82, 2.24) is 9.97 Å². The molecule has 0 aliphatic carbocycles. The van der Waals surface area contributed by atoms with Crippen molar-refractivity contribution in [2.75, 3.05) is 0 Å². The average molecular weight is 405 g/mol. The molecule has 4 aromatic heterocycles. The molecule has 2 aromatic carbocycles. The molecule has 0 radical (unpaired) electrons.